The summed E-state index contributed by atoms with van der Waals surface area (Å²) in [5.41, 5.74) is 5.89. The van der Waals surface area contributed by atoms with Gasteiger partial charge in [-0.25, -0.2) is 16.8 Å². The van der Waals surface area contributed by atoms with Crippen LogP contribution in [0.1, 0.15) is 19.8 Å². The molecule has 2 N–H and O–H groups in total. The summed E-state index contributed by atoms with van der Waals surface area (Å²) in [4.78, 5) is 0.0232. The highest BCUT2D eigenvalue weighted by Gasteiger charge is 2.31. The van der Waals surface area contributed by atoms with Crippen LogP contribution in [0.15, 0.2) is 34.1 Å². The summed E-state index contributed by atoms with van der Waals surface area (Å²) < 4.78 is 50.1. The van der Waals surface area contributed by atoms with Gasteiger partial charge in [-0.2, -0.15) is 4.31 Å². The molecule has 2 atom stereocenters. The van der Waals surface area contributed by atoms with Crippen LogP contribution in [0.3, 0.4) is 0 Å². The van der Waals surface area contributed by atoms with E-state index in [1.807, 2.05) is 6.92 Å². The molecule has 22 heavy (non-hydrogen) atoms. The largest absolute Gasteiger partial charge is 0.328 e. The highest BCUT2D eigenvalue weighted by molar-refractivity contribution is 7.91. The first-order valence-electron chi connectivity index (χ1n) is 7.18. The third-order valence-corrected chi connectivity index (χ3v) is 7.01. The molecule has 124 valence electrons. The molecule has 2 rings (SSSR count). The van der Waals surface area contributed by atoms with E-state index in [1.165, 1.54) is 28.6 Å². The summed E-state index contributed by atoms with van der Waals surface area (Å²) in [6.45, 7) is 2.70. The summed E-state index contributed by atoms with van der Waals surface area (Å²) in [5.74, 6) is 0.126. The van der Waals surface area contributed by atoms with Crippen LogP contribution in [0.4, 0.5) is 0 Å². The summed E-state index contributed by atoms with van der Waals surface area (Å²) in [5, 5.41) is 0. The standard InChI is InChI=1S/C14H22N2O4S2/c1-11(15)12-5-4-8-16(10-12)22(19,20)14-7-3-6-13(9-14)21(2,17)18/h3,6-7,9,11-12H,4-5,8,10,15H2,1-2H3. The minimum Gasteiger partial charge on any atom is -0.328 e. The predicted molar refractivity (Wildman–Crippen MR) is 84.7 cm³/mol. The Bertz CT molecular complexity index is 742. The monoisotopic (exact) mass is 346 g/mol. The lowest BCUT2D eigenvalue weighted by Crippen LogP contribution is -2.44. The second-order valence-electron chi connectivity index (χ2n) is 5.87. The maximum absolute atomic E-state index is 12.7. The van der Waals surface area contributed by atoms with Gasteiger partial charge < -0.3 is 5.73 Å². The van der Waals surface area contributed by atoms with Crippen LogP contribution in [0.2, 0.25) is 0 Å². The van der Waals surface area contributed by atoms with Crippen LogP contribution in [0.5, 0.6) is 0 Å². The minimum absolute atomic E-state index is 0.00864. The SMILES string of the molecule is CC(N)C1CCCN(S(=O)(=O)c2cccc(S(C)(=O)=O)c2)C1. The number of nitrogens with two attached hydrogens (primary N) is 1. The average molecular weight is 346 g/mol. The molecule has 0 aromatic heterocycles. The van der Waals surface area contributed by atoms with Gasteiger partial charge in [-0.05, 0) is 43.9 Å². The maximum Gasteiger partial charge on any atom is 0.243 e. The molecule has 1 saturated heterocycles. The molecule has 1 aromatic rings. The number of sulfonamides is 1. The number of benzene rings is 1. The molecule has 6 nitrogen and oxygen atoms in total. The topological polar surface area (TPSA) is 97.5 Å². The number of sulfone groups is 1. The first kappa shape index (κ1) is 17.4. The van der Waals surface area contributed by atoms with E-state index < -0.39 is 19.9 Å². The molecular weight excluding hydrogens is 324 g/mol. The molecule has 1 aliphatic heterocycles. The Morgan fingerprint density at radius 3 is 2.45 bits per heavy atom. The van der Waals surface area contributed by atoms with E-state index in [1.54, 1.807) is 0 Å². The highest BCUT2D eigenvalue weighted by atomic mass is 32.2. The van der Waals surface area contributed by atoms with E-state index in [-0.39, 0.29) is 21.8 Å². The predicted octanol–water partition coefficient (Wildman–Crippen LogP) is 0.838. The molecule has 1 fully saturated rings. The zero-order valence-corrected chi connectivity index (χ0v) is 14.4. The van der Waals surface area contributed by atoms with Crippen molar-refractivity contribution in [2.45, 2.75) is 35.6 Å². The molecule has 0 spiro atoms. The van der Waals surface area contributed by atoms with Gasteiger partial charge in [0.25, 0.3) is 0 Å². The minimum atomic E-state index is -3.70. The summed E-state index contributed by atoms with van der Waals surface area (Å²) in [7, 11) is -7.14. The third kappa shape index (κ3) is 3.68. The molecule has 1 heterocycles. The van der Waals surface area contributed by atoms with Crippen molar-refractivity contribution in [2.75, 3.05) is 19.3 Å². The van der Waals surface area contributed by atoms with Crippen LogP contribution >= 0.6 is 0 Å². The van der Waals surface area contributed by atoms with Crippen molar-refractivity contribution in [1.29, 1.82) is 0 Å². The van der Waals surface area contributed by atoms with Crippen molar-refractivity contribution in [3.05, 3.63) is 24.3 Å². The van der Waals surface area contributed by atoms with Gasteiger partial charge in [0, 0.05) is 25.4 Å². The van der Waals surface area contributed by atoms with Gasteiger partial charge in [-0.3, -0.25) is 0 Å². The molecule has 1 aliphatic rings. The maximum atomic E-state index is 12.7. The lowest BCUT2D eigenvalue weighted by atomic mass is 9.93. The third-order valence-electron chi connectivity index (χ3n) is 4.04. The first-order chi connectivity index (χ1) is 10.1. The zero-order chi connectivity index (χ0) is 16.5. The summed E-state index contributed by atoms with van der Waals surface area (Å²) >= 11 is 0. The van der Waals surface area contributed by atoms with Gasteiger partial charge in [0.15, 0.2) is 9.84 Å². The number of hydrogen-bond donors (Lipinski definition) is 1. The van der Waals surface area contributed by atoms with Gasteiger partial charge in [-0.15, -0.1) is 0 Å². The van der Waals surface area contributed by atoms with Crippen LogP contribution in [0.25, 0.3) is 0 Å². The molecular formula is C14H22N2O4S2. The van der Waals surface area contributed by atoms with Crippen LogP contribution in [-0.2, 0) is 19.9 Å². The van der Waals surface area contributed by atoms with E-state index in [2.05, 4.69) is 0 Å². The fourth-order valence-corrected chi connectivity index (χ4v) is 4.96. The van der Waals surface area contributed by atoms with Gasteiger partial charge in [0.2, 0.25) is 10.0 Å². The Kier molecular flexibility index (Phi) is 4.96. The highest BCUT2D eigenvalue weighted by Crippen LogP contribution is 2.26. The van der Waals surface area contributed by atoms with E-state index in [4.69, 9.17) is 5.73 Å². The van der Waals surface area contributed by atoms with Crippen LogP contribution < -0.4 is 5.73 Å². The molecule has 0 aliphatic carbocycles. The van der Waals surface area contributed by atoms with Gasteiger partial charge in [0.05, 0.1) is 9.79 Å². The fourth-order valence-electron chi connectivity index (χ4n) is 2.64. The number of piperidine rings is 1. The smallest absolute Gasteiger partial charge is 0.243 e. The average Bonchev–Trinajstić information content (AvgIpc) is 2.46. The molecule has 1 aromatic carbocycles. The Morgan fingerprint density at radius 2 is 1.86 bits per heavy atom. The van der Waals surface area contributed by atoms with E-state index in [0.29, 0.717) is 13.1 Å². The second kappa shape index (κ2) is 6.27. The van der Waals surface area contributed by atoms with Crippen molar-refractivity contribution in [2.24, 2.45) is 11.7 Å². The summed E-state index contributed by atoms with van der Waals surface area (Å²) in [6, 6.07) is 5.44. The number of rotatable bonds is 4. The molecule has 0 radical (unpaired) electrons. The number of nitrogens with zero attached hydrogens (tertiary/aromatic N) is 1. The summed E-state index contributed by atoms with van der Waals surface area (Å²) in [6.07, 6.45) is 2.73. The Labute approximate surface area is 132 Å². The molecule has 0 saturated carbocycles. The number of hydrogen-bond acceptors (Lipinski definition) is 5. The van der Waals surface area contributed by atoms with E-state index in [0.717, 1.165) is 19.1 Å². The first-order valence-corrected chi connectivity index (χ1v) is 10.5. The Hall–Kier alpha value is -0.960. The van der Waals surface area contributed by atoms with Gasteiger partial charge in [0.1, 0.15) is 0 Å². The van der Waals surface area contributed by atoms with Gasteiger partial charge in [-0.1, -0.05) is 6.07 Å². The van der Waals surface area contributed by atoms with Crippen LogP contribution in [0, 0.1) is 5.92 Å². The van der Waals surface area contributed by atoms with Crippen molar-refractivity contribution >= 4 is 19.9 Å². The zero-order valence-electron chi connectivity index (χ0n) is 12.8. The van der Waals surface area contributed by atoms with Crippen molar-refractivity contribution in [3.8, 4) is 0 Å². The Balaban J connectivity index is 2.34. The van der Waals surface area contributed by atoms with E-state index in [9.17, 15) is 16.8 Å². The van der Waals surface area contributed by atoms with E-state index >= 15 is 0 Å². The lowest BCUT2D eigenvalue weighted by molar-refractivity contribution is 0.243. The molecule has 2 unspecified atom stereocenters. The van der Waals surface area contributed by atoms with Crippen molar-refractivity contribution in [1.82, 2.24) is 4.31 Å². The van der Waals surface area contributed by atoms with Crippen molar-refractivity contribution < 1.29 is 16.8 Å². The normalized spacial score (nSPS) is 22.4. The lowest BCUT2D eigenvalue weighted by Gasteiger charge is -2.33. The van der Waals surface area contributed by atoms with Crippen molar-refractivity contribution in [3.63, 3.8) is 0 Å². The molecule has 0 bridgehead atoms. The second-order valence-corrected chi connectivity index (χ2v) is 9.83. The Morgan fingerprint density at radius 1 is 1.23 bits per heavy atom. The fraction of sp³-hybridized carbons (Fsp3) is 0.571. The van der Waals surface area contributed by atoms with Gasteiger partial charge >= 0.3 is 0 Å². The molecule has 8 heteroatoms. The quantitative estimate of drug-likeness (QED) is 0.871. The molecule has 0 amide bonds. The van der Waals surface area contributed by atoms with Crippen LogP contribution in [-0.4, -0.2) is 46.5 Å².